The predicted octanol–water partition coefficient (Wildman–Crippen LogP) is 3.33. The zero-order chi connectivity index (χ0) is 21.7. The Morgan fingerprint density at radius 1 is 1.03 bits per heavy atom. The number of nitrogens with one attached hydrogen (secondary N) is 1. The number of halogens is 1. The van der Waals surface area contributed by atoms with Gasteiger partial charge in [-0.2, -0.15) is 10.1 Å². The standard InChI is InChI=1S/C22H16ClN5O3/c1-12-15-11-16-19(24-22(30)25-20(16)29)27(14-8-9-18(31-2)17(23)10-14)21(15)28(26-12)13-6-4-3-5-7-13/h3-11H,1-2H3,(H,25,29,30). The molecule has 0 unspecified atom stereocenters. The van der Waals surface area contributed by atoms with E-state index in [1.54, 1.807) is 33.5 Å². The Labute approximate surface area is 180 Å². The number of hydrogen-bond acceptors (Lipinski definition) is 5. The molecule has 154 valence electrons. The highest BCUT2D eigenvalue weighted by atomic mass is 35.5. The second-order valence-corrected chi connectivity index (χ2v) is 7.38. The largest absolute Gasteiger partial charge is 0.495 e. The first-order chi connectivity index (χ1) is 15.0. The molecular formula is C22H16ClN5O3. The lowest BCUT2D eigenvalue weighted by atomic mass is 10.1. The summed E-state index contributed by atoms with van der Waals surface area (Å²) in [6, 6.07) is 16.5. The van der Waals surface area contributed by atoms with Gasteiger partial charge in [-0.1, -0.05) is 29.8 Å². The molecule has 31 heavy (non-hydrogen) atoms. The van der Waals surface area contributed by atoms with Crippen LogP contribution in [0.2, 0.25) is 5.02 Å². The third-order valence-corrected chi connectivity index (χ3v) is 5.40. The minimum absolute atomic E-state index is 0.208. The summed E-state index contributed by atoms with van der Waals surface area (Å²) in [5, 5.41) is 5.82. The maximum absolute atomic E-state index is 12.6. The molecule has 5 rings (SSSR count). The molecule has 0 atom stereocenters. The highest BCUT2D eigenvalue weighted by Crippen LogP contribution is 2.33. The van der Waals surface area contributed by atoms with Crippen LogP contribution in [0.1, 0.15) is 5.69 Å². The van der Waals surface area contributed by atoms with Crippen molar-refractivity contribution in [2.45, 2.75) is 6.92 Å². The zero-order valence-electron chi connectivity index (χ0n) is 16.6. The van der Waals surface area contributed by atoms with Crippen molar-refractivity contribution in [1.29, 1.82) is 0 Å². The van der Waals surface area contributed by atoms with Gasteiger partial charge in [-0.05, 0) is 43.3 Å². The van der Waals surface area contributed by atoms with Gasteiger partial charge in [-0.25, -0.2) is 9.48 Å². The first-order valence-electron chi connectivity index (χ1n) is 9.42. The van der Waals surface area contributed by atoms with Crippen molar-refractivity contribution >= 4 is 22.6 Å². The summed E-state index contributed by atoms with van der Waals surface area (Å²) in [4.78, 5) is 31.1. The molecule has 2 aliphatic heterocycles. The van der Waals surface area contributed by atoms with Crippen molar-refractivity contribution in [2.75, 3.05) is 7.11 Å². The molecule has 3 heterocycles. The van der Waals surface area contributed by atoms with Crippen LogP contribution in [0.3, 0.4) is 0 Å². The van der Waals surface area contributed by atoms with Crippen LogP contribution in [0, 0.1) is 6.92 Å². The molecule has 0 saturated carbocycles. The van der Waals surface area contributed by atoms with E-state index in [1.807, 2.05) is 37.3 Å². The smallest absolute Gasteiger partial charge is 0.349 e. The van der Waals surface area contributed by atoms with Gasteiger partial charge in [-0.3, -0.25) is 14.3 Å². The van der Waals surface area contributed by atoms with E-state index in [2.05, 4.69) is 9.97 Å². The monoisotopic (exact) mass is 433 g/mol. The van der Waals surface area contributed by atoms with Gasteiger partial charge in [0.1, 0.15) is 11.4 Å². The number of para-hydroxylation sites is 1. The molecule has 0 aliphatic carbocycles. The fraction of sp³-hybridized carbons (Fsp3) is 0.0909. The molecule has 0 saturated heterocycles. The van der Waals surface area contributed by atoms with Crippen LogP contribution in [0.4, 0.5) is 0 Å². The van der Waals surface area contributed by atoms with E-state index >= 15 is 0 Å². The van der Waals surface area contributed by atoms with Gasteiger partial charge in [0.25, 0.3) is 5.56 Å². The van der Waals surface area contributed by atoms with Crippen molar-refractivity contribution in [1.82, 2.24) is 24.3 Å². The third-order valence-electron chi connectivity index (χ3n) is 5.10. The van der Waals surface area contributed by atoms with Gasteiger partial charge in [0.05, 0.1) is 34.8 Å². The molecular weight excluding hydrogens is 418 g/mol. The van der Waals surface area contributed by atoms with Gasteiger partial charge in [-0.15, -0.1) is 0 Å². The number of H-pyrrole nitrogens is 1. The van der Waals surface area contributed by atoms with Gasteiger partial charge in [0, 0.05) is 5.39 Å². The number of ether oxygens (including phenoxy) is 1. The number of aryl methyl sites for hydroxylation is 1. The molecule has 0 fully saturated rings. The number of nitrogens with zero attached hydrogens (tertiary/aromatic N) is 4. The third kappa shape index (κ3) is 3.00. The van der Waals surface area contributed by atoms with E-state index in [4.69, 9.17) is 21.4 Å². The van der Waals surface area contributed by atoms with Crippen LogP contribution < -0.4 is 16.0 Å². The van der Waals surface area contributed by atoms with Gasteiger partial charge in [0.2, 0.25) is 0 Å². The summed E-state index contributed by atoms with van der Waals surface area (Å²) in [5.74, 6) is 0.713. The second kappa shape index (κ2) is 7.10. The van der Waals surface area contributed by atoms with Crippen molar-refractivity contribution < 1.29 is 4.74 Å². The Kier molecular flexibility index (Phi) is 4.37. The van der Waals surface area contributed by atoms with Crippen molar-refractivity contribution in [3.05, 3.63) is 86.2 Å². The summed E-state index contributed by atoms with van der Waals surface area (Å²) in [5.41, 5.74) is 1.82. The average Bonchev–Trinajstić information content (AvgIpc) is 3.09. The van der Waals surface area contributed by atoms with Crippen LogP contribution in [-0.2, 0) is 0 Å². The number of hydrogen-bond donors (Lipinski definition) is 1. The summed E-state index contributed by atoms with van der Waals surface area (Å²) in [7, 11) is 1.53. The minimum atomic E-state index is -0.729. The molecule has 9 heteroatoms. The van der Waals surface area contributed by atoms with Crippen molar-refractivity contribution in [2.24, 2.45) is 0 Å². The lowest BCUT2D eigenvalue weighted by molar-refractivity contribution is 0.415. The van der Waals surface area contributed by atoms with Crippen LogP contribution in [0.5, 0.6) is 5.75 Å². The fourth-order valence-electron chi connectivity index (χ4n) is 3.70. The Morgan fingerprint density at radius 3 is 2.52 bits per heavy atom. The summed E-state index contributed by atoms with van der Waals surface area (Å²) < 4.78 is 8.75. The molecule has 1 aromatic heterocycles. The Balaban J connectivity index is 2.00. The van der Waals surface area contributed by atoms with Gasteiger partial charge < -0.3 is 4.74 Å². The first-order valence-corrected chi connectivity index (χ1v) is 9.80. The second-order valence-electron chi connectivity index (χ2n) is 6.98. The highest BCUT2D eigenvalue weighted by molar-refractivity contribution is 6.32. The molecule has 0 bridgehead atoms. The Hall–Kier alpha value is -3.91. The van der Waals surface area contributed by atoms with Crippen LogP contribution in [0.15, 0.2) is 64.2 Å². The SMILES string of the molecule is COc1ccc(-n2c3nc(=O)[nH]c(=O)c-3cc3c(C)nn(-c4ccccc4)c32)cc1Cl. The van der Waals surface area contributed by atoms with Crippen LogP contribution in [-0.4, -0.2) is 31.4 Å². The molecule has 2 aliphatic rings. The molecule has 0 amide bonds. The topological polar surface area (TPSA) is 94.8 Å². The maximum atomic E-state index is 12.6. The Bertz CT molecular complexity index is 1540. The normalized spacial score (nSPS) is 11.3. The van der Waals surface area contributed by atoms with E-state index in [1.165, 1.54) is 7.11 Å². The molecule has 8 nitrogen and oxygen atoms in total. The molecule has 0 spiro atoms. The zero-order valence-corrected chi connectivity index (χ0v) is 17.3. The number of aromatic amines is 1. The van der Waals surface area contributed by atoms with Crippen molar-refractivity contribution in [3.63, 3.8) is 0 Å². The minimum Gasteiger partial charge on any atom is -0.495 e. The van der Waals surface area contributed by atoms with Crippen LogP contribution in [0.25, 0.3) is 33.8 Å². The lowest BCUT2D eigenvalue weighted by Crippen LogP contribution is -2.27. The number of methoxy groups -OCH3 is 1. The summed E-state index contributed by atoms with van der Waals surface area (Å²) in [6.07, 6.45) is 0. The molecule has 1 N–H and O–H groups in total. The van der Waals surface area contributed by atoms with E-state index in [9.17, 15) is 9.59 Å². The maximum Gasteiger partial charge on any atom is 0.349 e. The molecule has 3 aromatic rings. The number of rotatable bonds is 3. The average molecular weight is 434 g/mol. The first kappa shape index (κ1) is 19.1. The molecule has 2 aromatic carbocycles. The molecule has 0 radical (unpaired) electrons. The Morgan fingerprint density at radius 2 is 1.81 bits per heavy atom. The number of benzene rings is 2. The number of aromatic nitrogens is 5. The number of fused-ring (bicyclic) bond motifs is 2. The van der Waals surface area contributed by atoms with Crippen molar-refractivity contribution in [3.8, 4) is 28.5 Å². The fourth-order valence-corrected chi connectivity index (χ4v) is 3.95. The van der Waals surface area contributed by atoms with E-state index < -0.39 is 11.2 Å². The highest BCUT2D eigenvalue weighted by Gasteiger charge is 2.23. The van der Waals surface area contributed by atoms with E-state index in [0.29, 0.717) is 22.1 Å². The van der Waals surface area contributed by atoms with Gasteiger partial charge in [0.15, 0.2) is 5.82 Å². The quantitative estimate of drug-likeness (QED) is 0.471. The van der Waals surface area contributed by atoms with Gasteiger partial charge >= 0.3 is 5.69 Å². The van der Waals surface area contributed by atoms with E-state index in [-0.39, 0.29) is 11.4 Å². The van der Waals surface area contributed by atoms with Crippen LogP contribution >= 0.6 is 11.6 Å². The summed E-state index contributed by atoms with van der Waals surface area (Å²) in [6.45, 7) is 1.86. The predicted molar refractivity (Wildman–Crippen MR) is 118 cm³/mol. The summed E-state index contributed by atoms with van der Waals surface area (Å²) >= 11 is 6.40. The lowest BCUT2D eigenvalue weighted by Gasteiger charge is -2.18. The number of pyridine rings is 1. The van der Waals surface area contributed by atoms with E-state index in [0.717, 1.165) is 16.8 Å².